The Hall–Kier alpha value is -3.44. The molecule has 11 heteroatoms. The maximum atomic E-state index is 11.0. The zero-order chi connectivity index (χ0) is 23.1. The second-order valence-electron chi connectivity index (χ2n) is 7.24. The van der Waals surface area contributed by atoms with Gasteiger partial charge in [-0.1, -0.05) is 27.7 Å². The van der Waals surface area contributed by atoms with Crippen molar-refractivity contribution in [3.63, 3.8) is 0 Å². The monoisotopic (exact) mass is 525 g/mol. The topological polar surface area (TPSA) is 116 Å². The molecule has 1 atom stereocenters. The number of benzene rings is 2. The number of thioether (sulfide) groups is 1. The number of fused-ring (bicyclic) bond motifs is 3. The van der Waals surface area contributed by atoms with Crippen molar-refractivity contribution in [3.05, 3.63) is 74.4 Å². The highest BCUT2D eigenvalue weighted by Gasteiger charge is 2.28. The minimum atomic E-state index is -0.676. The Balaban J connectivity index is 1.55. The van der Waals surface area contributed by atoms with Gasteiger partial charge in [-0.15, -0.1) is 10.2 Å². The molecule has 1 aliphatic heterocycles. The van der Waals surface area contributed by atoms with E-state index in [0.29, 0.717) is 28.3 Å². The van der Waals surface area contributed by atoms with E-state index in [1.807, 2.05) is 43.5 Å². The highest BCUT2D eigenvalue weighted by Crippen LogP contribution is 2.41. The maximum Gasteiger partial charge on any atom is 0.269 e. The molecule has 166 valence electrons. The number of aromatic nitrogens is 3. The maximum absolute atomic E-state index is 11.0. The number of halogens is 1. The molecule has 1 aliphatic rings. The largest absolute Gasteiger partial charge is 0.455 e. The van der Waals surface area contributed by atoms with E-state index in [4.69, 9.17) is 9.15 Å². The lowest BCUT2D eigenvalue weighted by Crippen LogP contribution is -2.16. The van der Waals surface area contributed by atoms with E-state index < -0.39 is 11.2 Å². The third kappa shape index (κ3) is 4.05. The molecule has 3 heterocycles. The lowest BCUT2D eigenvalue weighted by Gasteiger charge is -2.16. The van der Waals surface area contributed by atoms with Gasteiger partial charge in [-0.3, -0.25) is 10.1 Å². The summed E-state index contributed by atoms with van der Waals surface area (Å²) in [7, 11) is 0. The molecule has 0 amide bonds. The number of aryl methyl sites for hydroxylation is 1. The van der Waals surface area contributed by atoms with Crippen LogP contribution in [0.15, 0.2) is 62.6 Å². The number of nitrogens with one attached hydrogen (secondary N) is 1. The van der Waals surface area contributed by atoms with Crippen molar-refractivity contribution in [1.82, 2.24) is 15.2 Å². The molecule has 2 aromatic heterocycles. The van der Waals surface area contributed by atoms with E-state index in [-0.39, 0.29) is 5.69 Å². The fraction of sp³-hybridized carbons (Fsp3) is 0.136. The Bertz CT molecular complexity index is 1390. The van der Waals surface area contributed by atoms with Crippen molar-refractivity contribution < 1.29 is 14.1 Å². The Kier molecular flexibility index (Phi) is 5.51. The number of furan rings is 1. The zero-order valence-corrected chi connectivity index (χ0v) is 19.8. The molecule has 33 heavy (non-hydrogen) atoms. The van der Waals surface area contributed by atoms with Gasteiger partial charge in [0.1, 0.15) is 5.76 Å². The van der Waals surface area contributed by atoms with Crippen LogP contribution in [0.3, 0.4) is 0 Å². The van der Waals surface area contributed by atoms with Crippen LogP contribution in [0.5, 0.6) is 5.88 Å². The number of nitrogens with zero attached hydrogens (tertiary/aromatic N) is 4. The third-order valence-electron chi connectivity index (χ3n) is 5.14. The summed E-state index contributed by atoms with van der Waals surface area (Å²) in [4.78, 5) is 15.1. The van der Waals surface area contributed by atoms with Crippen LogP contribution in [0.4, 0.5) is 11.4 Å². The number of anilines is 1. The summed E-state index contributed by atoms with van der Waals surface area (Å²) in [6.45, 7) is 1.81. The number of nitro groups is 1. The first-order chi connectivity index (χ1) is 15.9. The Morgan fingerprint density at radius 2 is 1.97 bits per heavy atom. The molecule has 2 aromatic carbocycles. The number of non-ortho nitro benzene ring substituents is 1. The summed E-state index contributed by atoms with van der Waals surface area (Å²) >= 11 is 4.87. The second-order valence-corrected chi connectivity index (χ2v) is 8.93. The molecule has 1 unspecified atom stereocenters. The van der Waals surface area contributed by atoms with Crippen molar-refractivity contribution in [1.29, 1.82) is 0 Å². The molecule has 9 nitrogen and oxygen atoms in total. The van der Waals surface area contributed by atoms with Crippen molar-refractivity contribution >= 4 is 39.1 Å². The molecule has 0 spiro atoms. The van der Waals surface area contributed by atoms with Gasteiger partial charge >= 0.3 is 0 Å². The van der Waals surface area contributed by atoms with Crippen LogP contribution in [0, 0.1) is 17.0 Å². The highest BCUT2D eigenvalue weighted by molar-refractivity contribution is 9.10. The van der Waals surface area contributed by atoms with Gasteiger partial charge in [0.25, 0.3) is 5.69 Å². The highest BCUT2D eigenvalue weighted by atomic mass is 79.9. The van der Waals surface area contributed by atoms with Crippen LogP contribution in [-0.4, -0.2) is 26.4 Å². The SMILES string of the molecule is CSc1nnc2c(n1)OC(c1ccc(-c3ccc([N+](=O)[O-])cc3C)o1)Nc1ccc(Br)cc1-2. The Morgan fingerprint density at radius 3 is 2.73 bits per heavy atom. The molecule has 1 N–H and O–H groups in total. The van der Waals surface area contributed by atoms with Gasteiger partial charge < -0.3 is 14.5 Å². The number of hydrogen-bond donors (Lipinski definition) is 1. The summed E-state index contributed by atoms with van der Waals surface area (Å²) in [6.07, 6.45) is 1.19. The molecular weight excluding hydrogens is 510 g/mol. The van der Waals surface area contributed by atoms with E-state index >= 15 is 0 Å². The van der Waals surface area contributed by atoms with E-state index in [0.717, 1.165) is 26.9 Å². The third-order valence-corrected chi connectivity index (χ3v) is 6.17. The molecule has 4 aromatic rings. The minimum Gasteiger partial charge on any atom is -0.455 e. The summed E-state index contributed by atoms with van der Waals surface area (Å²) < 4.78 is 13.2. The van der Waals surface area contributed by atoms with E-state index in [1.54, 1.807) is 6.07 Å². The number of nitro benzene ring substituents is 1. The summed E-state index contributed by atoms with van der Waals surface area (Å²) in [5.74, 6) is 1.44. The van der Waals surface area contributed by atoms with Gasteiger partial charge in [-0.2, -0.15) is 4.98 Å². The first kappa shape index (κ1) is 21.4. The fourth-order valence-corrected chi connectivity index (χ4v) is 4.22. The summed E-state index contributed by atoms with van der Waals surface area (Å²) in [5, 5.41) is 23.4. The van der Waals surface area contributed by atoms with Crippen LogP contribution in [0.25, 0.3) is 22.6 Å². The molecular formula is C22H16BrN5O4S. The summed E-state index contributed by atoms with van der Waals surface area (Å²) in [6, 6.07) is 14.0. The van der Waals surface area contributed by atoms with Crippen LogP contribution in [-0.2, 0) is 0 Å². The zero-order valence-electron chi connectivity index (χ0n) is 17.4. The lowest BCUT2D eigenvalue weighted by molar-refractivity contribution is -0.384. The number of rotatable bonds is 4. The summed E-state index contributed by atoms with van der Waals surface area (Å²) in [5.41, 5.74) is 3.65. The molecule has 0 fully saturated rings. The number of ether oxygens (including phenoxy) is 1. The molecule has 0 bridgehead atoms. The van der Waals surface area contributed by atoms with Crippen molar-refractivity contribution in [2.45, 2.75) is 18.3 Å². The lowest BCUT2D eigenvalue weighted by atomic mass is 10.1. The standard InChI is InChI=1S/C22H16BrN5O4S/c1-11-9-13(28(29)30)4-5-14(11)17-7-8-18(31-17)20-24-16-6-3-12(23)10-15(16)19-21(32-20)25-22(33-2)27-26-19/h3-10,20,24H,1-2H3. The van der Waals surface area contributed by atoms with Gasteiger partial charge in [0.05, 0.1) is 4.92 Å². The van der Waals surface area contributed by atoms with Crippen molar-refractivity contribution in [2.75, 3.05) is 11.6 Å². The normalized spacial score (nSPS) is 14.5. The van der Waals surface area contributed by atoms with Gasteiger partial charge in [0.2, 0.25) is 17.3 Å². The van der Waals surface area contributed by atoms with Crippen LogP contribution in [0.1, 0.15) is 17.6 Å². The van der Waals surface area contributed by atoms with Crippen LogP contribution in [0.2, 0.25) is 0 Å². The van der Waals surface area contributed by atoms with Crippen LogP contribution < -0.4 is 10.1 Å². The molecule has 0 aliphatic carbocycles. The minimum absolute atomic E-state index is 0.0351. The van der Waals surface area contributed by atoms with Crippen molar-refractivity contribution in [3.8, 4) is 28.5 Å². The molecule has 0 saturated heterocycles. The van der Waals surface area contributed by atoms with Gasteiger partial charge in [-0.05, 0) is 55.1 Å². The Labute approximate surface area is 200 Å². The average molecular weight is 526 g/mol. The second kappa shape index (κ2) is 8.49. The average Bonchev–Trinajstić information content (AvgIpc) is 3.23. The van der Waals surface area contributed by atoms with Gasteiger partial charge in [0, 0.05) is 33.4 Å². The molecule has 0 saturated carbocycles. The molecule has 0 radical (unpaired) electrons. The van der Waals surface area contributed by atoms with E-state index in [1.165, 1.54) is 23.9 Å². The predicted octanol–water partition coefficient (Wildman–Crippen LogP) is 6.00. The smallest absolute Gasteiger partial charge is 0.269 e. The quantitative estimate of drug-likeness (QED) is 0.194. The van der Waals surface area contributed by atoms with Gasteiger partial charge in [-0.25, -0.2) is 0 Å². The Morgan fingerprint density at radius 1 is 1.12 bits per heavy atom. The van der Waals surface area contributed by atoms with E-state index in [9.17, 15) is 10.1 Å². The number of hydrogen-bond acceptors (Lipinski definition) is 9. The first-order valence-electron chi connectivity index (χ1n) is 9.80. The van der Waals surface area contributed by atoms with Crippen molar-refractivity contribution in [2.24, 2.45) is 0 Å². The predicted molar refractivity (Wildman–Crippen MR) is 127 cm³/mol. The first-order valence-corrected chi connectivity index (χ1v) is 11.8. The van der Waals surface area contributed by atoms with Gasteiger partial charge in [0.15, 0.2) is 11.5 Å². The van der Waals surface area contributed by atoms with Crippen LogP contribution >= 0.6 is 27.7 Å². The van der Waals surface area contributed by atoms with E-state index in [2.05, 4.69) is 36.4 Å². The fourth-order valence-electron chi connectivity index (χ4n) is 3.56. The molecule has 5 rings (SSSR count).